The fraction of sp³-hybridized carbons (Fsp3) is 0.267. The highest BCUT2D eigenvalue weighted by molar-refractivity contribution is 6.32. The molecular formula is C15H17ClN2O. The molecule has 0 radical (unpaired) electrons. The fourth-order valence-electron chi connectivity index (χ4n) is 1.72. The first-order valence-corrected chi connectivity index (χ1v) is 6.67. The van der Waals surface area contributed by atoms with Crippen molar-refractivity contribution in [2.75, 3.05) is 6.54 Å². The molecule has 1 aromatic carbocycles. The van der Waals surface area contributed by atoms with Gasteiger partial charge in [-0.1, -0.05) is 30.7 Å². The van der Waals surface area contributed by atoms with Crippen molar-refractivity contribution in [2.24, 2.45) is 0 Å². The number of aryl methyl sites for hydroxylation is 1. The van der Waals surface area contributed by atoms with Gasteiger partial charge in [0, 0.05) is 18.3 Å². The van der Waals surface area contributed by atoms with Crippen LogP contribution in [0.15, 0.2) is 36.5 Å². The Kier molecular flexibility index (Phi) is 4.77. The summed E-state index contributed by atoms with van der Waals surface area (Å²) in [5.41, 5.74) is 2.14. The molecular weight excluding hydrogens is 260 g/mol. The van der Waals surface area contributed by atoms with Crippen molar-refractivity contribution >= 4 is 11.6 Å². The average Bonchev–Trinajstić information content (AvgIpc) is 2.41. The Balaban J connectivity index is 2.15. The second-order valence-electron chi connectivity index (χ2n) is 4.28. The molecule has 0 aliphatic rings. The van der Waals surface area contributed by atoms with Crippen molar-refractivity contribution in [3.8, 4) is 11.6 Å². The van der Waals surface area contributed by atoms with Gasteiger partial charge in [-0.3, -0.25) is 0 Å². The van der Waals surface area contributed by atoms with Crippen LogP contribution >= 0.6 is 11.6 Å². The third kappa shape index (κ3) is 3.69. The van der Waals surface area contributed by atoms with Crippen LogP contribution < -0.4 is 10.1 Å². The molecule has 100 valence electrons. The number of hydrogen-bond donors (Lipinski definition) is 1. The molecule has 0 saturated heterocycles. The lowest BCUT2D eigenvalue weighted by Gasteiger charge is -2.10. The number of hydrogen-bond acceptors (Lipinski definition) is 3. The molecule has 0 atom stereocenters. The first-order chi connectivity index (χ1) is 9.20. The fourth-order valence-corrected chi connectivity index (χ4v) is 1.90. The van der Waals surface area contributed by atoms with E-state index in [1.165, 1.54) is 0 Å². The lowest BCUT2D eigenvalue weighted by Crippen LogP contribution is -2.12. The van der Waals surface area contributed by atoms with Gasteiger partial charge in [0.15, 0.2) is 0 Å². The van der Waals surface area contributed by atoms with E-state index in [0.29, 0.717) is 16.7 Å². The summed E-state index contributed by atoms with van der Waals surface area (Å²) in [5, 5.41) is 3.85. The van der Waals surface area contributed by atoms with Crippen LogP contribution in [0, 0.1) is 6.92 Å². The number of nitrogens with one attached hydrogen (secondary N) is 1. The van der Waals surface area contributed by atoms with E-state index in [9.17, 15) is 0 Å². The topological polar surface area (TPSA) is 34.2 Å². The van der Waals surface area contributed by atoms with Gasteiger partial charge in [0.05, 0.1) is 5.02 Å². The van der Waals surface area contributed by atoms with Crippen LogP contribution in [-0.2, 0) is 6.54 Å². The van der Waals surface area contributed by atoms with E-state index in [1.54, 1.807) is 6.07 Å². The summed E-state index contributed by atoms with van der Waals surface area (Å²) in [7, 11) is 0. The molecule has 1 heterocycles. The number of aromatic nitrogens is 1. The third-order valence-corrected chi connectivity index (χ3v) is 3.02. The maximum Gasteiger partial charge on any atom is 0.222 e. The lowest BCUT2D eigenvalue weighted by molar-refractivity contribution is 0.458. The van der Waals surface area contributed by atoms with Gasteiger partial charge in [0.1, 0.15) is 5.75 Å². The minimum atomic E-state index is 0.584. The Morgan fingerprint density at radius 2 is 2.11 bits per heavy atom. The van der Waals surface area contributed by atoms with Crippen LogP contribution in [0.4, 0.5) is 0 Å². The van der Waals surface area contributed by atoms with E-state index in [0.717, 1.165) is 24.2 Å². The SMILES string of the molecule is CCNCc1cnc(Oc2ccccc2Cl)c(C)c1. The third-order valence-electron chi connectivity index (χ3n) is 2.71. The Bertz CT molecular complexity index is 558. The molecule has 4 heteroatoms. The molecule has 1 N–H and O–H groups in total. The first kappa shape index (κ1) is 13.8. The largest absolute Gasteiger partial charge is 0.437 e. The number of nitrogens with zero attached hydrogens (tertiary/aromatic N) is 1. The Morgan fingerprint density at radius 3 is 2.79 bits per heavy atom. The summed E-state index contributed by atoms with van der Waals surface area (Å²) in [6, 6.07) is 9.45. The van der Waals surface area contributed by atoms with Gasteiger partial charge in [-0.2, -0.15) is 0 Å². The van der Waals surface area contributed by atoms with Crippen LogP contribution in [0.3, 0.4) is 0 Å². The van der Waals surface area contributed by atoms with E-state index in [1.807, 2.05) is 31.3 Å². The molecule has 0 unspecified atom stereocenters. The smallest absolute Gasteiger partial charge is 0.222 e. The predicted molar refractivity (Wildman–Crippen MR) is 77.9 cm³/mol. The van der Waals surface area contributed by atoms with Gasteiger partial charge in [-0.15, -0.1) is 0 Å². The molecule has 0 aliphatic heterocycles. The van der Waals surface area contributed by atoms with Crippen molar-refractivity contribution in [2.45, 2.75) is 20.4 Å². The number of pyridine rings is 1. The summed E-state index contributed by atoms with van der Waals surface area (Å²) in [6.07, 6.45) is 1.82. The molecule has 3 nitrogen and oxygen atoms in total. The van der Waals surface area contributed by atoms with Crippen molar-refractivity contribution < 1.29 is 4.74 Å². The highest BCUT2D eigenvalue weighted by Crippen LogP contribution is 2.29. The Hall–Kier alpha value is -1.58. The van der Waals surface area contributed by atoms with Crippen molar-refractivity contribution in [3.05, 3.63) is 52.7 Å². The summed E-state index contributed by atoms with van der Waals surface area (Å²) >= 11 is 6.06. The van der Waals surface area contributed by atoms with Gasteiger partial charge in [-0.25, -0.2) is 4.98 Å². The van der Waals surface area contributed by atoms with Gasteiger partial charge >= 0.3 is 0 Å². The number of para-hydroxylation sites is 1. The van der Waals surface area contributed by atoms with Gasteiger partial charge in [-0.05, 0) is 37.2 Å². The van der Waals surface area contributed by atoms with Crippen LogP contribution in [0.5, 0.6) is 11.6 Å². The normalized spacial score (nSPS) is 10.5. The zero-order valence-electron chi connectivity index (χ0n) is 11.1. The summed E-state index contributed by atoms with van der Waals surface area (Å²) in [4.78, 5) is 4.35. The monoisotopic (exact) mass is 276 g/mol. The van der Waals surface area contributed by atoms with Crippen LogP contribution in [0.25, 0.3) is 0 Å². The first-order valence-electron chi connectivity index (χ1n) is 6.29. The lowest BCUT2D eigenvalue weighted by atomic mass is 10.2. The van der Waals surface area contributed by atoms with E-state index < -0.39 is 0 Å². The average molecular weight is 277 g/mol. The number of ether oxygens (including phenoxy) is 1. The quantitative estimate of drug-likeness (QED) is 0.898. The molecule has 19 heavy (non-hydrogen) atoms. The molecule has 0 spiro atoms. The molecule has 0 aliphatic carbocycles. The maximum atomic E-state index is 6.06. The number of halogens is 1. The Labute approximate surface area is 118 Å². The predicted octanol–water partition coefficient (Wildman–Crippen LogP) is 3.95. The molecule has 0 fully saturated rings. The number of rotatable bonds is 5. The van der Waals surface area contributed by atoms with Gasteiger partial charge in [0.2, 0.25) is 5.88 Å². The van der Waals surface area contributed by atoms with Crippen LogP contribution in [0.2, 0.25) is 5.02 Å². The maximum absolute atomic E-state index is 6.06. The standard InChI is InChI=1S/C15H17ClN2O/c1-3-17-9-12-8-11(2)15(18-10-12)19-14-7-5-4-6-13(14)16/h4-8,10,17H,3,9H2,1-2H3. The summed E-state index contributed by atoms with van der Waals surface area (Å²) in [6.45, 7) is 5.82. The zero-order chi connectivity index (χ0) is 13.7. The molecule has 0 saturated carbocycles. The molecule has 1 aromatic heterocycles. The van der Waals surface area contributed by atoms with E-state index >= 15 is 0 Å². The molecule has 2 aromatic rings. The zero-order valence-corrected chi connectivity index (χ0v) is 11.9. The van der Waals surface area contributed by atoms with E-state index in [-0.39, 0.29) is 0 Å². The Morgan fingerprint density at radius 1 is 1.32 bits per heavy atom. The van der Waals surface area contributed by atoms with E-state index in [4.69, 9.17) is 16.3 Å². The van der Waals surface area contributed by atoms with Crippen LogP contribution in [0.1, 0.15) is 18.1 Å². The van der Waals surface area contributed by atoms with Gasteiger partial charge < -0.3 is 10.1 Å². The van der Waals surface area contributed by atoms with E-state index in [2.05, 4.69) is 23.3 Å². The van der Waals surface area contributed by atoms with Crippen molar-refractivity contribution in [1.29, 1.82) is 0 Å². The minimum Gasteiger partial charge on any atom is -0.437 e. The van der Waals surface area contributed by atoms with Gasteiger partial charge in [0.25, 0.3) is 0 Å². The molecule has 2 rings (SSSR count). The molecule has 0 bridgehead atoms. The second-order valence-corrected chi connectivity index (χ2v) is 4.69. The highest BCUT2D eigenvalue weighted by atomic mass is 35.5. The minimum absolute atomic E-state index is 0.584. The second kappa shape index (κ2) is 6.55. The number of benzene rings is 1. The molecule has 0 amide bonds. The summed E-state index contributed by atoms with van der Waals surface area (Å²) < 4.78 is 5.74. The van der Waals surface area contributed by atoms with Crippen molar-refractivity contribution in [3.63, 3.8) is 0 Å². The van der Waals surface area contributed by atoms with Crippen molar-refractivity contribution in [1.82, 2.24) is 10.3 Å². The summed E-state index contributed by atoms with van der Waals surface area (Å²) in [5.74, 6) is 1.22. The van der Waals surface area contributed by atoms with Crippen LogP contribution in [-0.4, -0.2) is 11.5 Å². The highest BCUT2D eigenvalue weighted by Gasteiger charge is 2.07.